The molecule has 1 aromatic carbocycles. The molecule has 4 amide bonds. The Morgan fingerprint density at radius 3 is 2.18 bits per heavy atom. The molecule has 4 aromatic heterocycles. The first-order valence-electron chi connectivity index (χ1n) is 25.1. The Labute approximate surface area is 415 Å². The monoisotopic (exact) mass is 992 g/mol. The van der Waals surface area contributed by atoms with E-state index in [1.165, 1.54) is 18.5 Å². The average molecular weight is 993 g/mol. The van der Waals surface area contributed by atoms with Crippen molar-refractivity contribution < 1.29 is 37.2 Å². The van der Waals surface area contributed by atoms with Crippen molar-refractivity contribution in [3.05, 3.63) is 53.8 Å². The normalized spacial score (nSPS) is 21.9. The van der Waals surface area contributed by atoms with Gasteiger partial charge in [0.1, 0.15) is 35.3 Å². The molecule has 1 aliphatic carbocycles. The van der Waals surface area contributed by atoms with Crippen molar-refractivity contribution in [2.45, 2.75) is 121 Å². The molecule has 1 saturated carbocycles. The molecule has 0 spiro atoms. The highest BCUT2D eigenvalue weighted by atomic mass is 19.1. The number of nitrogens with zero attached hydrogens (tertiary/aromatic N) is 11. The number of benzene rings is 1. The van der Waals surface area contributed by atoms with E-state index in [1.54, 1.807) is 14.7 Å². The minimum absolute atomic E-state index is 0.00130. The molecule has 8 heterocycles. The molecule has 5 fully saturated rings. The molecule has 1 unspecified atom stereocenters. The van der Waals surface area contributed by atoms with Gasteiger partial charge in [0.2, 0.25) is 11.8 Å². The van der Waals surface area contributed by atoms with Crippen molar-refractivity contribution in [3.8, 4) is 22.8 Å². The number of nitrogens with two attached hydrogens (primary N) is 1. The number of halogens is 2. The van der Waals surface area contributed by atoms with E-state index in [9.17, 15) is 19.2 Å². The number of carbonyl (C=O) groups excluding carboxylic acids is 4. The maximum absolute atomic E-state index is 15.5. The average Bonchev–Trinajstić information content (AvgIpc) is 3.97. The highest BCUT2D eigenvalue weighted by Crippen LogP contribution is 2.48. The molecule has 5 aliphatic rings. The van der Waals surface area contributed by atoms with Crippen LogP contribution in [0.4, 0.5) is 30.8 Å². The van der Waals surface area contributed by atoms with Crippen LogP contribution in [0.1, 0.15) is 109 Å². The van der Waals surface area contributed by atoms with Crippen LogP contribution in [0.2, 0.25) is 0 Å². The smallest absolute Gasteiger partial charge is 0.410 e. The van der Waals surface area contributed by atoms with Gasteiger partial charge in [-0.05, 0) is 109 Å². The Morgan fingerprint density at radius 1 is 0.875 bits per heavy atom. The summed E-state index contributed by atoms with van der Waals surface area (Å²) < 4.78 is 44.4. The molecule has 4 saturated heterocycles. The second-order valence-electron chi connectivity index (χ2n) is 21.1. The number of nitrogen functional groups attached to an aromatic ring is 1. The summed E-state index contributed by atoms with van der Waals surface area (Å²) in [7, 11) is 0. The van der Waals surface area contributed by atoms with Gasteiger partial charge in [0.25, 0.3) is 5.91 Å². The van der Waals surface area contributed by atoms with Crippen molar-refractivity contribution in [1.29, 1.82) is 0 Å². The van der Waals surface area contributed by atoms with Crippen LogP contribution < -0.4 is 21.3 Å². The molecule has 382 valence electrons. The lowest BCUT2D eigenvalue weighted by atomic mass is 9.91. The number of anilines is 3. The number of rotatable bonds is 11. The van der Waals surface area contributed by atoms with E-state index < -0.39 is 35.2 Å². The zero-order chi connectivity index (χ0) is 50.6. The molecule has 3 atom stereocenters. The third kappa shape index (κ3) is 9.88. The lowest BCUT2D eigenvalue weighted by Gasteiger charge is -2.47. The molecule has 20 nitrogen and oxygen atoms in total. The third-order valence-corrected chi connectivity index (χ3v) is 14.9. The second-order valence-corrected chi connectivity index (χ2v) is 21.1. The Morgan fingerprint density at radius 2 is 1.54 bits per heavy atom. The highest BCUT2D eigenvalue weighted by Gasteiger charge is 2.38. The van der Waals surface area contributed by atoms with Crippen LogP contribution >= 0.6 is 0 Å². The maximum Gasteiger partial charge on any atom is 0.410 e. The van der Waals surface area contributed by atoms with E-state index in [1.807, 2.05) is 37.8 Å². The number of imide groups is 1. The topological polar surface area (TPSA) is 236 Å². The molecule has 72 heavy (non-hydrogen) atoms. The van der Waals surface area contributed by atoms with Gasteiger partial charge >= 0.3 is 6.09 Å². The van der Waals surface area contributed by atoms with Crippen molar-refractivity contribution >= 4 is 52.0 Å². The number of aromatic nitrogens is 7. The summed E-state index contributed by atoms with van der Waals surface area (Å²) in [6.45, 7) is 13.6. The van der Waals surface area contributed by atoms with Gasteiger partial charge in [-0.15, -0.1) is 0 Å². The van der Waals surface area contributed by atoms with Crippen LogP contribution in [0.3, 0.4) is 0 Å². The van der Waals surface area contributed by atoms with Crippen molar-refractivity contribution in [2.75, 3.05) is 68.4 Å². The van der Waals surface area contributed by atoms with Gasteiger partial charge in [0, 0.05) is 88.3 Å². The molecule has 0 bridgehead atoms. The second kappa shape index (κ2) is 19.6. The molecule has 4 aliphatic heterocycles. The fraction of sp³-hybridized carbons (Fsp3) is 0.560. The summed E-state index contributed by atoms with van der Waals surface area (Å²) in [6, 6.07) is 1.64. The summed E-state index contributed by atoms with van der Waals surface area (Å²) in [5.41, 5.74) is 9.29. The van der Waals surface area contributed by atoms with Gasteiger partial charge < -0.3 is 35.0 Å². The Hall–Kier alpha value is -6.84. The molecule has 4 N–H and O–H groups in total. The standard InChI is InChI=1S/C50H62F2N14O6/c1-27-22-64(43-34(51)18-33(19-35(43)52)58-36-8-9-37(67)59-48(36)69)23-28(2)65(27)24-29-10-14-62(15-11-29)38(68)25-71-49(70)63-16-12-30(13-17-63)32-20-54-46(55-21-32)39-42(61-72-44(39)31-6-7-31)41-40-45(53)56-26-57-47(40)66(60-41)50(3,4)5/h18-21,26-31,36,58H,6-17,22-25H2,1-5H3,(H2,53,56,57)(H,59,67,69)/t27-,28-,36?/m0/s1. The molecule has 10 rings (SSSR count). The Bertz CT molecular complexity index is 2830. The lowest BCUT2D eigenvalue weighted by molar-refractivity contribution is -0.136. The molecule has 0 radical (unpaired) electrons. The van der Waals surface area contributed by atoms with E-state index in [0.717, 1.165) is 43.6 Å². The van der Waals surface area contributed by atoms with Crippen LogP contribution in [-0.2, 0) is 24.7 Å². The number of hydrogen-bond acceptors (Lipinski definition) is 16. The maximum atomic E-state index is 15.5. The van der Waals surface area contributed by atoms with Gasteiger partial charge in [-0.3, -0.25) is 24.6 Å². The van der Waals surface area contributed by atoms with E-state index in [-0.39, 0.29) is 66.6 Å². The third-order valence-electron chi connectivity index (χ3n) is 14.9. The molecule has 22 heteroatoms. The van der Waals surface area contributed by atoms with Crippen LogP contribution in [0.25, 0.3) is 33.8 Å². The number of likely N-dealkylation sites (tertiary alicyclic amines) is 2. The van der Waals surface area contributed by atoms with Gasteiger partial charge in [-0.2, -0.15) is 5.10 Å². The first-order valence-corrected chi connectivity index (χ1v) is 25.1. The minimum Gasteiger partial charge on any atom is -0.439 e. The van der Waals surface area contributed by atoms with Crippen LogP contribution in [-0.4, -0.2) is 144 Å². The van der Waals surface area contributed by atoms with E-state index in [4.69, 9.17) is 30.1 Å². The SMILES string of the molecule is C[C@H]1CN(c2c(F)cc(NC3CCC(=O)NC3=O)cc2F)C[C@H](C)N1CC1CCN(C(=O)COC(=O)N2CCC(c3cnc(-c4c(-c5nn(C(C)(C)C)c6ncnc(N)c56)noc4C4CC4)nc3)CC2)CC1. The highest BCUT2D eigenvalue weighted by molar-refractivity contribution is 6.02. The van der Waals surface area contributed by atoms with Crippen molar-refractivity contribution in [2.24, 2.45) is 5.92 Å². The Balaban J connectivity index is 0.680. The number of amides is 4. The number of carbonyl (C=O) groups is 4. The summed E-state index contributed by atoms with van der Waals surface area (Å²) in [4.78, 5) is 76.1. The fourth-order valence-corrected chi connectivity index (χ4v) is 10.8. The van der Waals surface area contributed by atoms with Crippen LogP contribution in [0, 0.1) is 17.6 Å². The van der Waals surface area contributed by atoms with E-state index in [2.05, 4.69) is 44.5 Å². The van der Waals surface area contributed by atoms with Crippen molar-refractivity contribution in [1.82, 2.24) is 54.9 Å². The van der Waals surface area contributed by atoms with Gasteiger partial charge in [-0.25, -0.2) is 38.2 Å². The van der Waals surface area contributed by atoms with E-state index >= 15 is 8.78 Å². The predicted molar refractivity (Wildman–Crippen MR) is 261 cm³/mol. The summed E-state index contributed by atoms with van der Waals surface area (Å²) in [6.07, 6.45) is 9.87. The van der Waals surface area contributed by atoms with Crippen molar-refractivity contribution in [3.63, 3.8) is 0 Å². The zero-order valence-electron chi connectivity index (χ0n) is 41.4. The first-order chi connectivity index (χ1) is 34.5. The van der Waals surface area contributed by atoms with Crippen LogP contribution in [0.5, 0.6) is 0 Å². The number of fused-ring (bicyclic) bond motifs is 1. The largest absolute Gasteiger partial charge is 0.439 e. The number of piperidine rings is 3. The molecular formula is C50H62F2N14O6. The van der Waals surface area contributed by atoms with Crippen LogP contribution in [0.15, 0.2) is 35.4 Å². The molecule has 5 aromatic rings. The van der Waals surface area contributed by atoms with Gasteiger partial charge in [0.15, 0.2) is 35.5 Å². The minimum atomic E-state index is -0.754. The Kier molecular flexibility index (Phi) is 13.3. The predicted octanol–water partition coefficient (Wildman–Crippen LogP) is 5.80. The summed E-state index contributed by atoms with van der Waals surface area (Å²) >= 11 is 0. The van der Waals surface area contributed by atoms with Gasteiger partial charge in [0.05, 0.1) is 16.5 Å². The number of nitrogens with one attached hydrogen (secondary N) is 2. The lowest BCUT2D eigenvalue weighted by Crippen LogP contribution is -2.58. The zero-order valence-corrected chi connectivity index (χ0v) is 41.4. The number of piperazine rings is 1. The van der Waals surface area contributed by atoms with Gasteiger partial charge in [-0.1, -0.05) is 5.16 Å². The molecular weight excluding hydrogens is 931 g/mol. The quantitative estimate of drug-likeness (QED) is 0.133. The van der Waals surface area contributed by atoms with E-state index in [0.29, 0.717) is 97.7 Å². The number of ether oxygens (including phenoxy) is 1. The fourth-order valence-electron chi connectivity index (χ4n) is 10.8. The summed E-state index contributed by atoms with van der Waals surface area (Å²) in [5, 5.41) is 15.1. The summed E-state index contributed by atoms with van der Waals surface area (Å²) in [5.74, 6) is -0.411. The number of hydrogen-bond donors (Lipinski definition) is 3. The first kappa shape index (κ1) is 48.8.